The Labute approximate surface area is 137 Å². The number of carbonyl (C=O) groups excluding carboxylic acids is 3. The van der Waals surface area contributed by atoms with Crippen LogP contribution >= 0.6 is 23.2 Å². The van der Waals surface area contributed by atoms with Gasteiger partial charge in [0.05, 0.1) is 16.6 Å². The zero-order valence-corrected chi connectivity index (χ0v) is 13.5. The first-order valence-electron chi connectivity index (χ1n) is 6.60. The highest BCUT2D eigenvalue weighted by Gasteiger charge is 2.45. The highest BCUT2D eigenvalue weighted by Crippen LogP contribution is 2.32. The van der Waals surface area contributed by atoms with Crippen molar-refractivity contribution in [3.05, 3.63) is 28.2 Å². The summed E-state index contributed by atoms with van der Waals surface area (Å²) < 4.78 is 5.42. The van der Waals surface area contributed by atoms with E-state index in [0.717, 1.165) is 9.80 Å². The summed E-state index contributed by atoms with van der Waals surface area (Å²) in [7, 11) is 0. The fraction of sp³-hybridized carbons (Fsp3) is 0.357. The van der Waals surface area contributed by atoms with Crippen LogP contribution in [0.2, 0.25) is 10.0 Å². The van der Waals surface area contributed by atoms with Crippen molar-refractivity contribution in [3.63, 3.8) is 0 Å². The third-order valence-corrected chi connectivity index (χ3v) is 3.68. The molecule has 8 heteroatoms. The number of benzene rings is 1. The number of para-hydroxylation sites is 1. The Morgan fingerprint density at radius 2 is 1.68 bits per heavy atom. The number of amides is 4. The van der Waals surface area contributed by atoms with Gasteiger partial charge in [-0.15, -0.1) is 0 Å². The summed E-state index contributed by atoms with van der Waals surface area (Å²) in [6.45, 7) is 3.24. The lowest BCUT2D eigenvalue weighted by Crippen LogP contribution is -2.39. The predicted molar refractivity (Wildman–Crippen MR) is 81.0 cm³/mol. The van der Waals surface area contributed by atoms with Crippen LogP contribution in [0.3, 0.4) is 0 Å². The standard InChI is InChI=1S/C14H14Cl2N2O4/c1-8(2)18-13(20)12(19)17(14(18)21)6-7-22-11-9(15)4-3-5-10(11)16/h3-5,8H,6-7H2,1-2H3. The van der Waals surface area contributed by atoms with Crippen molar-refractivity contribution in [2.45, 2.75) is 19.9 Å². The average Bonchev–Trinajstić information content (AvgIpc) is 2.65. The number of rotatable bonds is 5. The van der Waals surface area contributed by atoms with Gasteiger partial charge in [0.2, 0.25) is 0 Å². The van der Waals surface area contributed by atoms with E-state index in [9.17, 15) is 14.4 Å². The van der Waals surface area contributed by atoms with Crippen LogP contribution in [0.25, 0.3) is 0 Å². The Balaban J connectivity index is 2.02. The quantitative estimate of drug-likeness (QED) is 0.608. The topological polar surface area (TPSA) is 66.9 Å². The first-order chi connectivity index (χ1) is 10.3. The molecule has 22 heavy (non-hydrogen) atoms. The number of halogens is 2. The van der Waals surface area contributed by atoms with E-state index >= 15 is 0 Å². The van der Waals surface area contributed by atoms with Gasteiger partial charge in [0.25, 0.3) is 0 Å². The number of hydrogen-bond donors (Lipinski definition) is 0. The van der Waals surface area contributed by atoms with Crippen molar-refractivity contribution in [1.29, 1.82) is 0 Å². The van der Waals surface area contributed by atoms with Crippen LogP contribution in [0.1, 0.15) is 13.8 Å². The van der Waals surface area contributed by atoms with Gasteiger partial charge in [-0.1, -0.05) is 29.3 Å². The molecule has 1 aromatic rings. The molecule has 0 aromatic heterocycles. The summed E-state index contributed by atoms with van der Waals surface area (Å²) in [5.41, 5.74) is 0. The maximum absolute atomic E-state index is 12.0. The van der Waals surface area contributed by atoms with Crippen molar-refractivity contribution in [3.8, 4) is 5.75 Å². The Morgan fingerprint density at radius 3 is 2.18 bits per heavy atom. The summed E-state index contributed by atoms with van der Waals surface area (Å²) >= 11 is 11.9. The smallest absolute Gasteiger partial charge is 0.334 e. The molecule has 0 atom stereocenters. The largest absolute Gasteiger partial charge is 0.489 e. The monoisotopic (exact) mass is 344 g/mol. The summed E-state index contributed by atoms with van der Waals surface area (Å²) in [5.74, 6) is -1.40. The average molecular weight is 345 g/mol. The number of carbonyl (C=O) groups is 3. The second-order valence-electron chi connectivity index (χ2n) is 4.91. The number of hydrogen-bond acceptors (Lipinski definition) is 4. The number of nitrogens with zero attached hydrogens (tertiary/aromatic N) is 2. The van der Waals surface area contributed by atoms with Crippen LogP contribution in [-0.4, -0.2) is 46.8 Å². The molecule has 0 radical (unpaired) electrons. The zero-order chi connectivity index (χ0) is 16.4. The molecule has 1 aliphatic rings. The number of urea groups is 1. The third kappa shape index (κ3) is 3.03. The highest BCUT2D eigenvalue weighted by molar-refractivity contribution is 6.44. The molecule has 0 bridgehead atoms. The van der Waals surface area contributed by atoms with Gasteiger partial charge in [-0.3, -0.25) is 19.4 Å². The third-order valence-electron chi connectivity index (χ3n) is 3.08. The highest BCUT2D eigenvalue weighted by atomic mass is 35.5. The van der Waals surface area contributed by atoms with Crippen molar-refractivity contribution in [2.75, 3.05) is 13.2 Å². The zero-order valence-electron chi connectivity index (χ0n) is 12.0. The minimum Gasteiger partial charge on any atom is -0.489 e. The summed E-state index contributed by atoms with van der Waals surface area (Å²) in [4.78, 5) is 37.4. The molecule has 2 rings (SSSR count). The predicted octanol–water partition coefficient (Wildman–Crippen LogP) is 2.57. The molecule has 0 unspecified atom stereocenters. The fourth-order valence-electron chi connectivity index (χ4n) is 2.03. The van der Waals surface area contributed by atoms with E-state index in [1.807, 2.05) is 0 Å². The second-order valence-corrected chi connectivity index (χ2v) is 5.72. The minimum absolute atomic E-state index is 0.0137. The van der Waals surface area contributed by atoms with Crippen LogP contribution in [0.4, 0.5) is 4.79 Å². The van der Waals surface area contributed by atoms with E-state index in [1.165, 1.54) is 0 Å². The molecular formula is C14H14Cl2N2O4. The van der Waals surface area contributed by atoms with Crippen molar-refractivity contribution in [2.24, 2.45) is 0 Å². The molecular weight excluding hydrogens is 331 g/mol. The lowest BCUT2D eigenvalue weighted by atomic mass is 10.3. The SMILES string of the molecule is CC(C)N1C(=O)C(=O)N(CCOc2c(Cl)cccc2Cl)C1=O. The van der Waals surface area contributed by atoms with Crippen molar-refractivity contribution >= 4 is 41.0 Å². The molecule has 118 valence electrons. The van der Waals surface area contributed by atoms with Gasteiger partial charge >= 0.3 is 17.8 Å². The van der Waals surface area contributed by atoms with E-state index in [-0.39, 0.29) is 24.9 Å². The van der Waals surface area contributed by atoms with E-state index in [0.29, 0.717) is 10.0 Å². The molecule has 0 aliphatic carbocycles. The molecule has 0 saturated carbocycles. The number of imide groups is 2. The summed E-state index contributed by atoms with van der Waals surface area (Å²) in [6, 6.07) is 3.87. The fourth-order valence-corrected chi connectivity index (χ4v) is 2.54. The van der Waals surface area contributed by atoms with Crippen LogP contribution in [0.15, 0.2) is 18.2 Å². The van der Waals surface area contributed by atoms with Crippen LogP contribution in [0, 0.1) is 0 Å². The maximum Gasteiger partial charge on any atom is 0.334 e. The summed E-state index contributed by atoms with van der Waals surface area (Å²) in [5, 5.41) is 0.651. The molecule has 1 saturated heterocycles. The van der Waals surface area contributed by atoms with Gasteiger partial charge in [-0.2, -0.15) is 0 Å². The Hall–Kier alpha value is -1.79. The molecule has 1 fully saturated rings. The Morgan fingerprint density at radius 1 is 1.09 bits per heavy atom. The molecule has 1 aromatic carbocycles. The van der Waals surface area contributed by atoms with Gasteiger partial charge in [-0.05, 0) is 26.0 Å². The van der Waals surface area contributed by atoms with Gasteiger partial charge in [0, 0.05) is 6.04 Å². The first kappa shape index (κ1) is 16.6. The maximum atomic E-state index is 12.0. The minimum atomic E-state index is -0.854. The van der Waals surface area contributed by atoms with E-state index in [2.05, 4.69) is 0 Å². The van der Waals surface area contributed by atoms with Crippen LogP contribution in [-0.2, 0) is 9.59 Å². The van der Waals surface area contributed by atoms with Crippen molar-refractivity contribution < 1.29 is 19.1 Å². The molecule has 1 aliphatic heterocycles. The van der Waals surface area contributed by atoms with Gasteiger partial charge in [-0.25, -0.2) is 4.79 Å². The second kappa shape index (κ2) is 6.54. The van der Waals surface area contributed by atoms with Crippen LogP contribution in [0.5, 0.6) is 5.75 Å². The van der Waals surface area contributed by atoms with Crippen molar-refractivity contribution in [1.82, 2.24) is 9.80 Å². The molecule has 0 N–H and O–H groups in total. The van der Waals surface area contributed by atoms with Gasteiger partial charge in [0.15, 0.2) is 5.75 Å². The molecule has 6 nitrogen and oxygen atoms in total. The van der Waals surface area contributed by atoms with Gasteiger partial charge < -0.3 is 4.74 Å². The molecule has 1 heterocycles. The van der Waals surface area contributed by atoms with Gasteiger partial charge in [0.1, 0.15) is 6.61 Å². The van der Waals surface area contributed by atoms with Crippen LogP contribution < -0.4 is 4.74 Å². The number of ether oxygens (including phenoxy) is 1. The van der Waals surface area contributed by atoms with E-state index in [4.69, 9.17) is 27.9 Å². The van der Waals surface area contributed by atoms with E-state index < -0.39 is 17.8 Å². The molecule has 0 spiro atoms. The molecule has 4 amide bonds. The lowest BCUT2D eigenvalue weighted by molar-refractivity contribution is -0.143. The van der Waals surface area contributed by atoms with E-state index in [1.54, 1.807) is 32.0 Å². The summed E-state index contributed by atoms with van der Waals surface area (Å²) in [6.07, 6.45) is 0. The first-order valence-corrected chi connectivity index (χ1v) is 7.36. The Bertz CT molecular complexity index is 613. The Kier molecular flexibility index (Phi) is 4.93. The normalized spacial score (nSPS) is 15.2. The lowest BCUT2D eigenvalue weighted by Gasteiger charge is -2.18.